The van der Waals surface area contributed by atoms with Crippen LogP contribution in [0.3, 0.4) is 0 Å². The molecule has 0 unspecified atom stereocenters. The summed E-state index contributed by atoms with van der Waals surface area (Å²) in [6, 6.07) is 4.85. The fraction of sp³-hybridized carbons (Fsp3) is 0.375. The molecule has 1 aromatic carbocycles. The number of aromatic nitrogens is 4. The maximum absolute atomic E-state index is 12.8. The highest BCUT2D eigenvalue weighted by molar-refractivity contribution is 5.98. The molecule has 0 spiro atoms. The van der Waals surface area contributed by atoms with Crippen LogP contribution in [0.1, 0.15) is 43.1 Å². The number of hydrogen-bond acceptors (Lipinski definition) is 4. The fourth-order valence-electron chi connectivity index (χ4n) is 2.93. The molecule has 1 fully saturated rings. The largest absolute Gasteiger partial charge is 0.350 e. The number of fused-ring (bicyclic) bond motifs is 3. The lowest BCUT2D eigenvalue weighted by Crippen LogP contribution is -2.30. The Labute approximate surface area is 136 Å². The average molecular weight is 327 g/mol. The lowest BCUT2D eigenvalue weighted by atomic mass is 10.1. The number of amides is 1. The van der Waals surface area contributed by atoms with Crippen molar-refractivity contribution in [3.63, 3.8) is 0 Å². The molecule has 8 heteroatoms. The minimum absolute atomic E-state index is 0.00673. The number of carbonyl (C=O) groups excluding carboxylic acids is 1. The number of rotatable bonds is 3. The van der Waals surface area contributed by atoms with E-state index in [1.54, 1.807) is 22.8 Å². The van der Waals surface area contributed by atoms with E-state index in [1.807, 2.05) is 13.8 Å². The topological polar surface area (TPSA) is 101 Å². The number of nitrogens with zero attached hydrogens (tertiary/aromatic N) is 3. The smallest absolute Gasteiger partial charge is 0.349 e. The summed E-state index contributed by atoms with van der Waals surface area (Å²) >= 11 is 0. The second-order valence-corrected chi connectivity index (χ2v) is 6.43. The van der Waals surface area contributed by atoms with Crippen molar-refractivity contribution in [3.05, 3.63) is 44.6 Å². The zero-order chi connectivity index (χ0) is 17.0. The number of aromatic amines is 1. The monoisotopic (exact) mass is 327 g/mol. The van der Waals surface area contributed by atoms with E-state index in [0.29, 0.717) is 22.2 Å². The Bertz CT molecular complexity index is 1080. The first-order valence-corrected chi connectivity index (χ1v) is 7.93. The minimum atomic E-state index is -0.425. The number of H-pyrrole nitrogens is 1. The van der Waals surface area contributed by atoms with Crippen LogP contribution < -0.4 is 16.6 Å². The molecule has 4 rings (SSSR count). The molecule has 1 aliphatic carbocycles. The Morgan fingerprint density at radius 2 is 2.08 bits per heavy atom. The van der Waals surface area contributed by atoms with Crippen LogP contribution in [0.25, 0.3) is 16.7 Å². The van der Waals surface area contributed by atoms with Crippen molar-refractivity contribution in [1.29, 1.82) is 0 Å². The summed E-state index contributed by atoms with van der Waals surface area (Å²) < 4.78 is 2.93. The van der Waals surface area contributed by atoms with Gasteiger partial charge >= 0.3 is 5.69 Å². The predicted molar refractivity (Wildman–Crippen MR) is 88.5 cm³/mol. The van der Waals surface area contributed by atoms with Gasteiger partial charge in [-0.25, -0.2) is 14.3 Å². The second-order valence-electron chi connectivity index (χ2n) is 6.43. The van der Waals surface area contributed by atoms with Gasteiger partial charge in [-0.3, -0.25) is 14.2 Å². The van der Waals surface area contributed by atoms with Crippen molar-refractivity contribution in [3.8, 4) is 0 Å². The maximum Gasteiger partial charge on any atom is 0.349 e. The van der Waals surface area contributed by atoms with E-state index < -0.39 is 5.69 Å². The summed E-state index contributed by atoms with van der Waals surface area (Å²) in [6.07, 6.45) is 1.80. The van der Waals surface area contributed by atoms with Crippen LogP contribution in [0.5, 0.6) is 0 Å². The van der Waals surface area contributed by atoms with Crippen molar-refractivity contribution < 1.29 is 4.79 Å². The first-order valence-electron chi connectivity index (χ1n) is 7.93. The van der Waals surface area contributed by atoms with Crippen LogP contribution in [-0.4, -0.2) is 31.1 Å². The molecule has 0 aliphatic heterocycles. The molecule has 2 aromatic heterocycles. The van der Waals surface area contributed by atoms with Gasteiger partial charge in [0.1, 0.15) is 0 Å². The third-order valence-corrected chi connectivity index (χ3v) is 4.15. The fourth-order valence-corrected chi connectivity index (χ4v) is 2.93. The molecule has 1 amide bonds. The van der Waals surface area contributed by atoms with Gasteiger partial charge in [0.05, 0.1) is 10.9 Å². The zero-order valence-corrected chi connectivity index (χ0v) is 13.4. The van der Waals surface area contributed by atoms with Crippen molar-refractivity contribution in [2.24, 2.45) is 0 Å². The Balaban J connectivity index is 2.03. The van der Waals surface area contributed by atoms with Gasteiger partial charge in [-0.2, -0.15) is 0 Å². The van der Waals surface area contributed by atoms with E-state index in [0.717, 1.165) is 12.8 Å². The van der Waals surface area contributed by atoms with E-state index in [1.165, 1.54) is 4.40 Å². The molecule has 0 radical (unpaired) electrons. The van der Waals surface area contributed by atoms with Gasteiger partial charge < -0.3 is 5.32 Å². The number of benzene rings is 1. The molecule has 3 aromatic rings. The highest BCUT2D eigenvalue weighted by atomic mass is 16.2. The summed E-state index contributed by atoms with van der Waals surface area (Å²) in [5, 5.41) is 9.60. The van der Waals surface area contributed by atoms with E-state index in [9.17, 15) is 14.4 Å². The highest BCUT2D eigenvalue weighted by Crippen LogP contribution is 2.34. The highest BCUT2D eigenvalue weighted by Gasteiger charge is 2.29. The molecule has 0 bridgehead atoms. The van der Waals surface area contributed by atoms with Crippen LogP contribution in [0.15, 0.2) is 27.8 Å². The molecule has 8 nitrogen and oxygen atoms in total. The van der Waals surface area contributed by atoms with Gasteiger partial charge in [-0.15, -0.1) is 5.10 Å². The van der Waals surface area contributed by atoms with Crippen molar-refractivity contribution >= 4 is 22.6 Å². The predicted octanol–water partition coefficient (Wildman–Crippen LogP) is 0.811. The SMILES string of the molecule is CC(C)NC(=O)c1ccc2c(=O)n(C3CC3)c3n[nH]c(=O)n3c2c1. The van der Waals surface area contributed by atoms with E-state index >= 15 is 0 Å². The summed E-state index contributed by atoms with van der Waals surface area (Å²) in [5.74, 6) is 0.0457. The molecule has 24 heavy (non-hydrogen) atoms. The maximum atomic E-state index is 12.8. The molecular formula is C16H17N5O3. The molecular weight excluding hydrogens is 310 g/mol. The van der Waals surface area contributed by atoms with Crippen molar-refractivity contribution in [2.45, 2.75) is 38.8 Å². The molecule has 124 valence electrons. The van der Waals surface area contributed by atoms with E-state index in [-0.39, 0.29) is 23.6 Å². The molecule has 0 atom stereocenters. The van der Waals surface area contributed by atoms with E-state index in [2.05, 4.69) is 15.5 Å². The molecule has 0 saturated heterocycles. The first kappa shape index (κ1) is 14.7. The number of nitrogens with one attached hydrogen (secondary N) is 2. The van der Waals surface area contributed by atoms with Gasteiger partial charge in [-0.05, 0) is 44.9 Å². The van der Waals surface area contributed by atoms with Crippen LogP contribution in [-0.2, 0) is 0 Å². The van der Waals surface area contributed by atoms with Crippen molar-refractivity contribution in [1.82, 2.24) is 24.5 Å². The lowest BCUT2D eigenvalue weighted by Gasteiger charge is -2.11. The van der Waals surface area contributed by atoms with Crippen LogP contribution >= 0.6 is 0 Å². The third-order valence-electron chi connectivity index (χ3n) is 4.15. The Kier molecular flexibility index (Phi) is 3.09. The number of hydrogen-bond donors (Lipinski definition) is 2. The van der Waals surface area contributed by atoms with Crippen LogP contribution in [0, 0.1) is 0 Å². The average Bonchev–Trinajstić information content (AvgIpc) is 3.29. The van der Waals surface area contributed by atoms with Crippen LogP contribution in [0.4, 0.5) is 0 Å². The van der Waals surface area contributed by atoms with E-state index in [4.69, 9.17) is 0 Å². The summed E-state index contributed by atoms with van der Waals surface area (Å²) in [4.78, 5) is 37.2. The van der Waals surface area contributed by atoms with Gasteiger partial charge in [0, 0.05) is 17.6 Å². The normalized spacial score (nSPS) is 14.6. The molecule has 1 saturated carbocycles. The summed E-state index contributed by atoms with van der Waals surface area (Å²) in [5.41, 5.74) is 0.178. The first-order chi connectivity index (χ1) is 11.5. The quantitative estimate of drug-likeness (QED) is 0.743. The lowest BCUT2D eigenvalue weighted by molar-refractivity contribution is 0.0943. The van der Waals surface area contributed by atoms with Gasteiger partial charge in [0.2, 0.25) is 5.78 Å². The van der Waals surface area contributed by atoms with Crippen molar-refractivity contribution in [2.75, 3.05) is 0 Å². The Morgan fingerprint density at radius 3 is 2.75 bits per heavy atom. The molecule has 2 heterocycles. The van der Waals surface area contributed by atoms with Gasteiger partial charge in [0.25, 0.3) is 11.5 Å². The number of carbonyl (C=O) groups is 1. The standard InChI is InChI=1S/C16H17N5O3/c1-8(2)17-13(22)9-3-6-11-12(7-9)21-15(18-19-16(21)24)20(14(11)23)10-4-5-10/h3,6-8,10H,4-5H2,1-2H3,(H,17,22)(H,19,24). The Hall–Kier alpha value is -2.90. The molecule has 1 aliphatic rings. The van der Waals surface area contributed by atoms with Gasteiger partial charge in [0.15, 0.2) is 0 Å². The summed E-state index contributed by atoms with van der Waals surface area (Å²) in [6.45, 7) is 3.73. The Morgan fingerprint density at radius 1 is 1.33 bits per heavy atom. The molecule has 2 N–H and O–H groups in total. The summed E-state index contributed by atoms with van der Waals surface area (Å²) in [7, 11) is 0. The minimum Gasteiger partial charge on any atom is -0.350 e. The van der Waals surface area contributed by atoms with Gasteiger partial charge in [-0.1, -0.05) is 0 Å². The third kappa shape index (κ3) is 2.14. The van der Waals surface area contributed by atoms with Crippen LogP contribution in [0.2, 0.25) is 0 Å². The second kappa shape index (κ2) is 5.05. The zero-order valence-electron chi connectivity index (χ0n) is 13.4.